The zero-order valence-electron chi connectivity index (χ0n) is 23.6. The van der Waals surface area contributed by atoms with Crippen molar-refractivity contribution in [2.24, 2.45) is 0 Å². The number of nitrogen functional groups attached to an aromatic ring is 2. The summed E-state index contributed by atoms with van der Waals surface area (Å²) in [4.78, 5) is 65.7. The van der Waals surface area contributed by atoms with Crippen LogP contribution in [0, 0.1) is 12.7 Å². The van der Waals surface area contributed by atoms with Crippen LogP contribution in [-0.2, 0) is 13.0 Å². The SMILES string of the molecule is Cc1c(C(=O)O)ccc2c1CC[C@@H]2NC(=O)c1cc(C(=O)NCc2ccc(F)c(Nc3c(N)c(=O)c3=O)c2)n2nc(N)cc2n1. The summed E-state index contributed by atoms with van der Waals surface area (Å²) in [6, 6.07) is 9.38. The van der Waals surface area contributed by atoms with Crippen LogP contribution in [0.1, 0.15) is 66.1 Å². The van der Waals surface area contributed by atoms with E-state index in [4.69, 9.17) is 11.5 Å². The Morgan fingerprint density at radius 3 is 2.58 bits per heavy atom. The Morgan fingerprint density at radius 2 is 1.84 bits per heavy atom. The first-order chi connectivity index (χ1) is 21.4. The van der Waals surface area contributed by atoms with Crippen molar-refractivity contribution >= 4 is 46.3 Å². The maximum Gasteiger partial charge on any atom is 0.335 e. The van der Waals surface area contributed by atoms with Crippen LogP contribution < -0.4 is 38.3 Å². The molecule has 0 radical (unpaired) electrons. The minimum atomic E-state index is -1.02. The number of carbonyl (C=O) groups is 3. The number of carboxylic acid groups (broad SMARTS) is 1. The Balaban J connectivity index is 1.22. The molecule has 2 aromatic heterocycles. The molecule has 0 aliphatic heterocycles. The number of aromatic nitrogens is 3. The highest BCUT2D eigenvalue weighted by Crippen LogP contribution is 2.35. The van der Waals surface area contributed by atoms with E-state index < -0.39 is 34.5 Å². The van der Waals surface area contributed by atoms with Crippen molar-refractivity contribution in [2.75, 3.05) is 16.8 Å². The van der Waals surface area contributed by atoms with Crippen LogP contribution in [0.25, 0.3) is 5.65 Å². The van der Waals surface area contributed by atoms with Crippen molar-refractivity contribution in [3.63, 3.8) is 0 Å². The van der Waals surface area contributed by atoms with Crippen LogP contribution in [0.5, 0.6) is 0 Å². The average Bonchev–Trinajstić information content (AvgIpc) is 3.61. The quantitative estimate of drug-likeness (QED) is 0.138. The van der Waals surface area contributed by atoms with E-state index in [9.17, 15) is 33.5 Å². The van der Waals surface area contributed by atoms with Crippen molar-refractivity contribution in [2.45, 2.75) is 32.4 Å². The molecule has 0 spiro atoms. The molecule has 45 heavy (non-hydrogen) atoms. The maximum atomic E-state index is 14.4. The van der Waals surface area contributed by atoms with Crippen LogP contribution in [0.4, 0.5) is 27.3 Å². The van der Waals surface area contributed by atoms with Crippen LogP contribution in [0.3, 0.4) is 0 Å². The van der Waals surface area contributed by atoms with Gasteiger partial charge in [-0.2, -0.15) is 0 Å². The van der Waals surface area contributed by atoms with Gasteiger partial charge in [0.2, 0.25) is 0 Å². The minimum absolute atomic E-state index is 0.0485. The standard InChI is InChI=1S/C30H25FN8O6/c1-12-14-5-7-18(16(14)4-3-15(12)30(44)45)37-28(42)20-9-21(39-23(35-20)10-22(32)38-39)29(43)34-11-13-2-6-17(31)19(8-13)36-25-24(33)26(40)27(25)41/h2-4,6,8-10,18,36H,5,7,11,33H2,1H3,(H2,32,38)(H,34,43)(H,37,42)(H,44,45)/t18-/m0/s1. The van der Waals surface area contributed by atoms with Gasteiger partial charge in [0.15, 0.2) is 5.65 Å². The predicted molar refractivity (Wildman–Crippen MR) is 161 cm³/mol. The van der Waals surface area contributed by atoms with Crippen molar-refractivity contribution < 1.29 is 23.9 Å². The number of nitrogens with one attached hydrogen (secondary N) is 3. The summed E-state index contributed by atoms with van der Waals surface area (Å²) in [5.74, 6) is -2.87. The summed E-state index contributed by atoms with van der Waals surface area (Å²) >= 11 is 0. The lowest BCUT2D eigenvalue weighted by atomic mass is 9.98. The number of amides is 2. The molecule has 0 bridgehead atoms. The maximum absolute atomic E-state index is 14.4. The number of rotatable bonds is 8. The minimum Gasteiger partial charge on any atom is -0.478 e. The van der Waals surface area contributed by atoms with Gasteiger partial charge in [-0.1, -0.05) is 12.1 Å². The third-order valence-electron chi connectivity index (χ3n) is 7.83. The molecule has 8 N–H and O–H groups in total. The van der Waals surface area contributed by atoms with Crippen molar-refractivity contribution in [1.82, 2.24) is 25.2 Å². The Morgan fingerprint density at radius 1 is 1.07 bits per heavy atom. The molecule has 228 valence electrons. The highest BCUT2D eigenvalue weighted by atomic mass is 19.1. The van der Waals surface area contributed by atoms with Crippen LogP contribution in [-0.4, -0.2) is 37.5 Å². The van der Waals surface area contributed by atoms with E-state index in [1.54, 1.807) is 13.0 Å². The third kappa shape index (κ3) is 5.09. The summed E-state index contributed by atoms with van der Waals surface area (Å²) in [5.41, 5.74) is 12.1. The molecule has 1 atom stereocenters. The number of carbonyl (C=O) groups excluding carboxylic acids is 2. The van der Waals surface area contributed by atoms with E-state index in [-0.39, 0.29) is 58.1 Å². The zero-order valence-corrected chi connectivity index (χ0v) is 23.6. The molecule has 14 nitrogen and oxygen atoms in total. The summed E-state index contributed by atoms with van der Waals surface area (Å²) in [6.07, 6.45) is 1.15. The molecule has 6 rings (SSSR count). The zero-order chi connectivity index (χ0) is 32.2. The molecule has 0 saturated carbocycles. The molecule has 15 heteroatoms. The molecule has 1 aliphatic rings. The monoisotopic (exact) mass is 612 g/mol. The smallest absolute Gasteiger partial charge is 0.335 e. The lowest BCUT2D eigenvalue weighted by Crippen LogP contribution is -2.36. The number of carboxylic acids is 1. The van der Waals surface area contributed by atoms with E-state index in [1.165, 1.54) is 34.8 Å². The fraction of sp³-hybridized carbons (Fsp3) is 0.167. The lowest BCUT2D eigenvalue weighted by molar-refractivity contribution is 0.0695. The second kappa shape index (κ2) is 10.9. The molecule has 1 aliphatic carbocycles. The number of hydrogen-bond acceptors (Lipinski definition) is 10. The van der Waals surface area contributed by atoms with Gasteiger partial charge in [-0.05, 0) is 60.2 Å². The van der Waals surface area contributed by atoms with Gasteiger partial charge in [0, 0.05) is 18.7 Å². The number of halogens is 1. The molecule has 2 amide bonds. The second-order valence-corrected chi connectivity index (χ2v) is 10.6. The first-order valence-electron chi connectivity index (χ1n) is 13.7. The summed E-state index contributed by atoms with van der Waals surface area (Å²) < 4.78 is 15.6. The number of anilines is 4. The van der Waals surface area contributed by atoms with E-state index in [2.05, 4.69) is 26.0 Å². The van der Waals surface area contributed by atoms with Crippen molar-refractivity contribution in [1.29, 1.82) is 0 Å². The Labute approximate surface area is 252 Å². The van der Waals surface area contributed by atoms with Gasteiger partial charge in [-0.3, -0.25) is 19.2 Å². The average molecular weight is 613 g/mol. The topological polar surface area (TPSA) is 224 Å². The molecular weight excluding hydrogens is 587 g/mol. The number of hydrogen-bond donors (Lipinski definition) is 6. The van der Waals surface area contributed by atoms with Crippen LogP contribution in [0.15, 0.2) is 52.1 Å². The Kier molecular flexibility index (Phi) is 6.99. The fourth-order valence-electron chi connectivity index (χ4n) is 5.48. The van der Waals surface area contributed by atoms with Gasteiger partial charge in [0.1, 0.15) is 34.4 Å². The van der Waals surface area contributed by atoms with E-state index in [0.717, 1.165) is 17.2 Å². The normalized spacial score (nSPS) is 14.0. The van der Waals surface area contributed by atoms with Gasteiger partial charge in [0.05, 0.1) is 17.3 Å². The first kappa shape index (κ1) is 29.0. The predicted octanol–water partition coefficient (Wildman–Crippen LogP) is 1.73. The van der Waals surface area contributed by atoms with Gasteiger partial charge in [-0.15, -0.1) is 5.10 Å². The highest BCUT2D eigenvalue weighted by molar-refractivity contribution is 5.98. The summed E-state index contributed by atoms with van der Waals surface area (Å²) in [6.45, 7) is 1.65. The second-order valence-electron chi connectivity index (χ2n) is 10.6. The van der Waals surface area contributed by atoms with E-state index in [1.807, 2.05) is 0 Å². The molecule has 3 aromatic carbocycles. The van der Waals surface area contributed by atoms with Gasteiger partial charge in [-0.25, -0.2) is 18.7 Å². The lowest BCUT2D eigenvalue weighted by Gasteiger charge is -2.16. The Bertz CT molecular complexity index is 2150. The highest BCUT2D eigenvalue weighted by Gasteiger charge is 2.29. The first-order valence-corrected chi connectivity index (χ1v) is 13.7. The molecule has 5 aromatic rings. The third-order valence-corrected chi connectivity index (χ3v) is 7.83. The number of aromatic carboxylic acids is 1. The van der Waals surface area contributed by atoms with Crippen molar-refractivity contribution in [3.05, 3.63) is 108 Å². The number of fused-ring (bicyclic) bond motifs is 2. The molecule has 0 saturated heterocycles. The van der Waals surface area contributed by atoms with Crippen LogP contribution >= 0.6 is 0 Å². The number of nitrogens with two attached hydrogens (primary N) is 2. The molecule has 0 unspecified atom stereocenters. The Hall–Kier alpha value is -6.12. The molecular formula is C30H25FN8O6. The molecule has 0 fully saturated rings. The fourth-order valence-corrected chi connectivity index (χ4v) is 5.48. The molecule has 2 heterocycles. The number of benzene rings is 2. The van der Waals surface area contributed by atoms with Crippen LogP contribution in [0.2, 0.25) is 0 Å². The van der Waals surface area contributed by atoms with Gasteiger partial charge in [0.25, 0.3) is 22.7 Å². The summed E-state index contributed by atoms with van der Waals surface area (Å²) in [5, 5.41) is 21.7. The number of nitrogens with zero attached hydrogens (tertiary/aromatic N) is 3. The van der Waals surface area contributed by atoms with E-state index in [0.29, 0.717) is 24.0 Å². The van der Waals surface area contributed by atoms with E-state index >= 15 is 0 Å². The largest absolute Gasteiger partial charge is 0.478 e. The van der Waals surface area contributed by atoms with Gasteiger partial charge >= 0.3 is 5.97 Å². The van der Waals surface area contributed by atoms with Crippen molar-refractivity contribution in [3.8, 4) is 0 Å². The summed E-state index contributed by atoms with van der Waals surface area (Å²) in [7, 11) is 0. The van der Waals surface area contributed by atoms with Gasteiger partial charge < -0.3 is 32.5 Å².